The Labute approximate surface area is 378 Å². The quantitative estimate of drug-likeness (QED) is 0.0273. The fourth-order valence-electron chi connectivity index (χ4n) is 7.48. The number of hydrogen-bond acceptors (Lipinski definition) is 6. The van der Waals surface area contributed by atoms with Crippen LogP contribution in [-0.4, -0.2) is 68.5 Å². The van der Waals surface area contributed by atoms with Gasteiger partial charge in [-0.2, -0.15) is 0 Å². The number of likely N-dealkylation sites (N-methyl/N-ethyl adjacent to an activating group) is 1. The van der Waals surface area contributed by atoms with Crippen molar-refractivity contribution in [3.8, 4) is 0 Å². The van der Waals surface area contributed by atoms with E-state index >= 15 is 0 Å². The van der Waals surface area contributed by atoms with E-state index in [9.17, 15) is 19.4 Å². The zero-order valence-electron chi connectivity index (χ0n) is 40.9. The molecular weight excluding hydrogens is 780 g/mol. The number of unbranched alkanes of at least 4 members (excludes halogenated alkanes) is 30. The van der Waals surface area contributed by atoms with Crippen molar-refractivity contribution >= 4 is 13.7 Å². The third kappa shape index (κ3) is 46.5. The fraction of sp³-hybridized carbons (Fsp3) is 0.865. The van der Waals surface area contributed by atoms with Gasteiger partial charge in [-0.3, -0.25) is 9.36 Å². The van der Waals surface area contributed by atoms with Gasteiger partial charge in [0.05, 0.1) is 39.9 Å². The molecule has 0 saturated heterocycles. The number of phosphoric acid groups is 1. The van der Waals surface area contributed by atoms with E-state index in [1.165, 1.54) is 173 Å². The highest BCUT2D eigenvalue weighted by Gasteiger charge is 2.23. The van der Waals surface area contributed by atoms with Gasteiger partial charge in [-0.05, 0) is 44.9 Å². The van der Waals surface area contributed by atoms with Crippen LogP contribution in [0.15, 0.2) is 36.5 Å². The summed E-state index contributed by atoms with van der Waals surface area (Å²) in [6.45, 7) is 4.61. The first-order chi connectivity index (χ1) is 29.5. The lowest BCUT2D eigenvalue weighted by atomic mass is 10.0. The first-order valence-electron chi connectivity index (χ1n) is 25.9. The van der Waals surface area contributed by atoms with Crippen LogP contribution in [0.3, 0.4) is 0 Å². The standard InChI is InChI=1S/C52H101N2O6P/c1-6-8-10-12-14-16-18-19-20-21-22-23-24-25-26-27-28-29-30-31-32-33-34-35-36-37-39-41-43-45-51(55)50(49-60-61(57,58)59-48-47-54(3,4)5)53-52(56)46-44-42-40-38-17-15-13-11-9-7-2/h32-33,36-37,43,45,50-51,55H,6-31,34-35,38-42,44,46-49H2,1-5H3,(H-,53,56,57,58)/b33-32+,37-36+,45-43+. The molecule has 360 valence electrons. The molecule has 0 rings (SSSR count). The second-order valence-corrected chi connectivity index (χ2v) is 20.3. The molecule has 0 saturated carbocycles. The van der Waals surface area contributed by atoms with Gasteiger partial charge in [-0.1, -0.05) is 224 Å². The van der Waals surface area contributed by atoms with Crippen molar-refractivity contribution < 1.29 is 32.9 Å². The van der Waals surface area contributed by atoms with E-state index in [-0.39, 0.29) is 12.5 Å². The minimum atomic E-state index is -4.60. The number of amides is 1. The number of aliphatic hydroxyl groups excluding tert-OH is 1. The van der Waals surface area contributed by atoms with Crippen LogP contribution in [0.4, 0.5) is 0 Å². The van der Waals surface area contributed by atoms with Crippen LogP contribution in [0.1, 0.15) is 239 Å². The Morgan fingerprint density at radius 1 is 0.557 bits per heavy atom. The minimum Gasteiger partial charge on any atom is -0.756 e. The maximum Gasteiger partial charge on any atom is 0.268 e. The average Bonchev–Trinajstić information content (AvgIpc) is 3.21. The molecule has 0 radical (unpaired) electrons. The lowest BCUT2D eigenvalue weighted by Crippen LogP contribution is -2.45. The van der Waals surface area contributed by atoms with Gasteiger partial charge in [0, 0.05) is 6.42 Å². The van der Waals surface area contributed by atoms with Gasteiger partial charge in [0.15, 0.2) is 0 Å². The second kappa shape index (κ2) is 43.9. The van der Waals surface area contributed by atoms with Gasteiger partial charge in [0.1, 0.15) is 13.2 Å². The van der Waals surface area contributed by atoms with Crippen LogP contribution < -0.4 is 10.2 Å². The summed E-state index contributed by atoms with van der Waals surface area (Å²) >= 11 is 0. The summed E-state index contributed by atoms with van der Waals surface area (Å²) in [5.74, 6) is -0.213. The topological polar surface area (TPSA) is 108 Å². The maximum atomic E-state index is 12.8. The van der Waals surface area contributed by atoms with Crippen molar-refractivity contribution in [3.05, 3.63) is 36.5 Å². The largest absolute Gasteiger partial charge is 0.756 e. The summed E-state index contributed by atoms with van der Waals surface area (Å²) in [4.78, 5) is 25.3. The Hall–Kier alpha value is -1.28. The summed E-state index contributed by atoms with van der Waals surface area (Å²) in [6, 6.07) is -0.905. The molecule has 0 aromatic heterocycles. The van der Waals surface area contributed by atoms with E-state index in [0.29, 0.717) is 17.4 Å². The lowest BCUT2D eigenvalue weighted by molar-refractivity contribution is -0.870. The molecular formula is C52H101N2O6P. The molecule has 1 amide bonds. The van der Waals surface area contributed by atoms with Gasteiger partial charge < -0.3 is 28.8 Å². The average molecular weight is 881 g/mol. The molecule has 0 aliphatic heterocycles. The first kappa shape index (κ1) is 59.7. The van der Waals surface area contributed by atoms with Crippen molar-refractivity contribution in [2.24, 2.45) is 0 Å². The van der Waals surface area contributed by atoms with Gasteiger partial charge in [-0.15, -0.1) is 0 Å². The summed E-state index contributed by atoms with van der Waals surface area (Å²) in [5.41, 5.74) is 0. The predicted molar refractivity (Wildman–Crippen MR) is 261 cm³/mol. The van der Waals surface area contributed by atoms with Crippen LogP contribution in [0.5, 0.6) is 0 Å². The minimum absolute atomic E-state index is 0.00798. The van der Waals surface area contributed by atoms with E-state index in [4.69, 9.17) is 9.05 Å². The van der Waals surface area contributed by atoms with Crippen molar-refractivity contribution in [1.29, 1.82) is 0 Å². The molecule has 2 N–H and O–H groups in total. The van der Waals surface area contributed by atoms with Crippen LogP contribution in [0.25, 0.3) is 0 Å². The lowest BCUT2D eigenvalue weighted by Gasteiger charge is -2.29. The number of quaternary nitrogens is 1. The Bertz CT molecular complexity index is 1090. The van der Waals surface area contributed by atoms with Crippen LogP contribution in [0, 0.1) is 0 Å². The van der Waals surface area contributed by atoms with Gasteiger partial charge >= 0.3 is 0 Å². The molecule has 0 aliphatic rings. The van der Waals surface area contributed by atoms with E-state index < -0.39 is 26.6 Å². The molecule has 0 fully saturated rings. The fourth-order valence-corrected chi connectivity index (χ4v) is 8.20. The number of carbonyl (C=O) groups excluding carboxylic acids is 1. The summed E-state index contributed by atoms with van der Waals surface area (Å²) in [6.07, 6.45) is 55.2. The Kier molecular flexibility index (Phi) is 43.0. The Morgan fingerprint density at radius 2 is 0.918 bits per heavy atom. The molecule has 61 heavy (non-hydrogen) atoms. The molecule has 0 bridgehead atoms. The van der Waals surface area contributed by atoms with Crippen molar-refractivity contribution in [2.75, 3.05) is 40.9 Å². The monoisotopic (exact) mass is 881 g/mol. The number of phosphoric ester groups is 1. The SMILES string of the molecule is CCCCCCCCCCCCCCCCCCCCC/C=C/CC/C=C/CC/C=C/C(O)C(COP(=O)([O-])OCC[N+](C)(C)C)NC(=O)CCCCCCCCCCCC. The van der Waals surface area contributed by atoms with Crippen LogP contribution >= 0.6 is 7.82 Å². The zero-order chi connectivity index (χ0) is 45.0. The van der Waals surface area contributed by atoms with Gasteiger partial charge in [0.25, 0.3) is 7.82 Å². The van der Waals surface area contributed by atoms with Crippen molar-refractivity contribution in [3.63, 3.8) is 0 Å². The predicted octanol–water partition coefficient (Wildman–Crippen LogP) is 14.4. The highest BCUT2D eigenvalue weighted by atomic mass is 31.2. The second-order valence-electron chi connectivity index (χ2n) is 18.9. The number of nitrogens with one attached hydrogen (secondary N) is 1. The van der Waals surface area contributed by atoms with Crippen LogP contribution in [-0.2, 0) is 18.4 Å². The molecule has 8 nitrogen and oxygen atoms in total. The van der Waals surface area contributed by atoms with Crippen LogP contribution in [0.2, 0.25) is 0 Å². The third-order valence-corrected chi connectivity index (χ3v) is 12.5. The molecule has 0 heterocycles. The summed E-state index contributed by atoms with van der Waals surface area (Å²) < 4.78 is 23.2. The number of hydrogen-bond donors (Lipinski definition) is 2. The van der Waals surface area contributed by atoms with Gasteiger partial charge in [-0.25, -0.2) is 0 Å². The van der Waals surface area contributed by atoms with E-state index in [1.54, 1.807) is 6.08 Å². The Balaban J connectivity index is 4.19. The number of carbonyl (C=O) groups is 1. The number of rotatable bonds is 47. The molecule has 0 spiro atoms. The molecule has 0 aliphatic carbocycles. The Morgan fingerprint density at radius 3 is 1.33 bits per heavy atom. The first-order valence-corrected chi connectivity index (χ1v) is 27.3. The highest BCUT2D eigenvalue weighted by Crippen LogP contribution is 2.38. The smallest absolute Gasteiger partial charge is 0.268 e. The summed E-state index contributed by atoms with van der Waals surface area (Å²) in [5, 5.41) is 13.8. The molecule has 0 aromatic rings. The number of nitrogens with zero attached hydrogens (tertiary/aromatic N) is 1. The highest BCUT2D eigenvalue weighted by molar-refractivity contribution is 7.45. The van der Waals surface area contributed by atoms with E-state index in [0.717, 1.165) is 44.9 Å². The number of allylic oxidation sites excluding steroid dienone is 5. The normalized spacial score (nSPS) is 14.4. The van der Waals surface area contributed by atoms with Crippen molar-refractivity contribution in [2.45, 2.75) is 251 Å². The zero-order valence-corrected chi connectivity index (χ0v) is 41.8. The van der Waals surface area contributed by atoms with E-state index in [2.05, 4.69) is 43.5 Å². The molecule has 0 aromatic carbocycles. The maximum absolute atomic E-state index is 12.8. The van der Waals surface area contributed by atoms with Crippen molar-refractivity contribution in [1.82, 2.24) is 5.32 Å². The molecule has 3 unspecified atom stereocenters. The molecule has 3 atom stereocenters. The number of aliphatic hydroxyl groups is 1. The van der Waals surface area contributed by atoms with E-state index in [1.807, 2.05) is 27.2 Å². The van der Waals surface area contributed by atoms with Gasteiger partial charge in [0.2, 0.25) is 5.91 Å². The third-order valence-electron chi connectivity index (χ3n) is 11.6. The summed E-state index contributed by atoms with van der Waals surface area (Å²) in [7, 11) is 1.24. The molecule has 9 heteroatoms.